The number of fused-ring (bicyclic) bond motifs is 1. The van der Waals surface area contributed by atoms with E-state index < -0.39 is 0 Å². The minimum atomic E-state index is 0.528. The van der Waals surface area contributed by atoms with Crippen molar-refractivity contribution >= 4 is 10.9 Å². The fourth-order valence-corrected chi connectivity index (χ4v) is 3.14. The molecular formula is C23H19NO. The Bertz CT molecular complexity index is 994. The van der Waals surface area contributed by atoms with E-state index in [2.05, 4.69) is 60.4 Å². The maximum Gasteiger partial charge on any atom is 0.146 e. The van der Waals surface area contributed by atoms with Crippen LogP contribution in [-0.4, -0.2) is 4.98 Å². The van der Waals surface area contributed by atoms with Crippen LogP contribution in [0.4, 0.5) is 0 Å². The summed E-state index contributed by atoms with van der Waals surface area (Å²) in [5.41, 5.74) is 5.60. The zero-order chi connectivity index (χ0) is 17.1. The van der Waals surface area contributed by atoms with Crippen molar-refractivity contribution in [1.82, 2.24) is 4.98 Å². The molecule has 4 rings (SSSR count). The summed E-state index contributed by atoms with van der Waals surface area (Å²) < 4.78 is 6.18. The Morgan fingerprint density at radius 3 is 2.28 bits per heavy atom. The van der Waals surface area contributed by atoms with E-state index in [0.29, 0.717) is 6.61 Å². The van der Waals surface area contributed by atoms with Crippen LogP contribution >= 0.6 is 0 Å². The Morgan fingerprint density at radius 2 is 1.52 bits per heavy atom. The number of hydrogen-bond acceptors (Lipinski definition) is 2. The number of benzene rings is 3. The number of aryl methyl sites for hydroxylation is 1. The van der Waals surface area contributed by atoms with Crippen LogP contribution in [0.25, 0.3) is 22.0 Å². The lowest BCUT2D eigenvalue weighted by Gasteiger charge is -2.15. The molecular weight excluding hydrogens is 306 g/mol. The Labute approximate surface area is 147 Å². The predicted octanol–water partition coefficient (Wildman–Crippen LogP) is 5.79. The van der Waals surface area contributed by atoms with Gasteiger partial charge in [-0.1, -0.05) is 72.8 Å². The second kappa shape index (κ2) is 6.78. The van der Waals surface area contributed by atoms with Crippen LogP contribution in [-0.2, 0) is 6.61 Å². The summed E-state index contributed by atoms with van der Waals surface area (Å²) in [5, 5.41) is 1.15. The van der Waals surface area contributed by atoms with E-state index in [-0.39, 0.29) is 0 Å². The fourth-order valence-electron chi connectivity index (χ4n) is 3.14. The molecule has 122 valence electrons. The number of rotatable bonds is 4. The van der Waals surface area contributed by atoms with Gasteiger partial charge in [-0.05, 0) is 29.7 Å². The Morgan fingerprint density at radius 1 is 0.800 bits per heavy atom. The van der Waals surface area contributed by atoms with Crippen molar-refractivity contribution in [3.8, 4) is 16.9 Å². The summed E-state index contributed by atoms with van der Waals surface area (Å²) in [5.74, 6) is 0.817. The lowest BCUT2D eigenvalue weighted by molar-refractivity contribution is 0.307. The van der Waals surface area contributed by atoms with E-state index >= 15 is 0 Å². The van der Waals surface area contributed by atoms with Crippen LogP contribution in [0.2, 0.25) is 0 Å². The molecule has 0 saturated carbocycles. The smallest absolute Gasteiger partial charge is 0.146 e. The van der Waals surface area contributed by atoms with E-state index in [1.165, 1.54) is 5.56 Å². The van der Waals surface area contributed by atoms with Gasteiger partial charge in [-0.3, -0.25) is 4.98 Å². The summed E-state index contributed by atoms with van der Waals surface area (Å²) in [6.45, 7) is 2.65. The number of nitrogens with zero attached hydrogens (tertiary/aromatic N) is 1. The van der Waals surface area contributed by atoms with Gasteiger partial charge in [0, 0.05) is 10.9 Å². The largest absolute Gasteiger partial charge is 0.487 e. The molecule has 0 bridgehead atoms. The van der Waals surface area contributed by atoms with Gasteiger partial charge in [0.05, 0.1) is 11.7 Å². The number of aromatic nitrogens is 1. The first-order valence-electron chi connectivity index (χ1n) is 8.43. The molecule has 1 aromatic heterocycles. The SMILES string of the molecule is Cc1cccc2ncc(OCc3ccccc3)c(-c3ccccc3)c12. The quantitative estimate of drug-likeness (QED) is 0.474. The van der Waals surface area contributed by atoms with Crippen LogP contribution in [0.1, 0.15) is 11.1 Å². The van der Waals surface area contributed by atoms with E-state index in [0.717, 1.165) is 33.3 Å². The summed E-state index contributed by atoms with van der Waals surface area (Å²) >= 11 is 0. The first kappa shape index (κ1) is 15.4. The molecule has 0 aliphatic carbocycles. The minimum absolute atomic E-state index is 0.528. The first-order chi connectivity index (χ1) is 12.3. The standard InChI is InChI=1S/C23H19NO/c1-17-9-8-14-20-22(17)23(19-12-6-3-7-13-19)21(15-24-20)25-16-18-10-4-2-5-11-18/h2-15H,16H2,1H3. The topological polar surface area (TPSA) is 22.1 Å². The molecule has 0 radical (unpaired) electrons. The second-order valence-corrected chi connectivity index (χ2v) is 6.11. The van der Waals surface area contributed by atoms with E-state index in [4.69, 9.17) is 4.74 Å². The molecule has 4 aromatic rings. The van der Waals surface area contributed by atoms with Crippen molar-refractivity contribution < 1.29 is 4.74 Å². The molecule has 25 heavy (non-hydrogen) atoms. The summed E-state index contributed by atoms with van der Waals surface area (Å²) in [4.78, 5) is 4.62. The van der Waals surface area contributed by atoms with Crippen molar-refractivity contribution in [2.45, 2.75) is 13.5 Å². The molecule has 0 atom stereocenters. The third-order valence-corrected chi connectivity index (χ3v) is 4.37. The summed E-state index contributed by atoms with van der Waals surface area (Å²) in [6.07, 6.45) is 1.84. The molecule has 0 unspecified atom stereocenters. The molecule has 0 aliphatic heterocycles. The molecule has 1 heterocycles. The zero-order valence-electron chi connectivity index (χ0n) is 14.1. The molecule has 0 spiro atoms. The average Bonchev–Trinajstić information content (AvgIpc) is 2.68. The van der Waals surface area contributed by atoms with Gasteiger partial charge in [-0.15, -0.1) is 0 Å². The second-order valence-electron chi connectivity index (χ2n) is 6.11. The molecule has 0 aliphatic rings. The number of ether oxygens (including phenoxy) is 1. The number of hydrogen-bond donors (Lipinski definition) is 0. The van der Waals surface area contributed by atoms with E-state index in [9.17, 15) is 0 Å². The van der Waals surface area contributed by atoms with Crippen LogP contribution in [0.3, 0.4) is 0 Å². The van der Waals surface area contributed by atoms with Gasteiger partial charge in [0.15, 0.2) is 0 Å². The maximum absolute atomic E-state index is 6.18. The first-order valence-corrected chi connectivity index (χ1v) is 8.43. The summed E-state index contributed by atoms with van der Waals surface area (Å²) in [6, 6.07) is 26.8. The van der Waals surface area contributed by atoms with Gasteiger partial charge in [-0.25, -0.2) is 0 Å². The van der Waals surface area contributed by atoms with Crippen LogP contribution in [0, 0.1) is 6.92 Å². The molecule has 3 aromatic carbocycles. The van der Waals surface area contributed by atoms with E-state index in [1.54, 1.807) is 0 Å². The fraction of sp³-hybridized carbons (Fsp3) is 0.0870. The van der Waals surface area contributed by atoms with Crippen molar-refractivity contribution in [1.29, 1.82) is 0 Å². The van der Waals surface area contributed by atoms with Gasteiger partial charge in [0.25, 0.3) is 0 Å². The maximum atomic E-state index is 6.18. The molecule has 0 fully saturated rings. The van der Waals surface area contributed by atoms with Crippen molar-refractivity contribution in [2.75, 3.05) is 0 Å². The molecule has 0 amide bonds. The lowest BCUT2D eigenvalue weighted by atomic mass is 9.97. The van der Waals surface area contributed by atoms with Crippen molar-refractivity contribution in [3.05, 3.63) is 96.2 Å². The minimum Gasteiger partial charge on any atom is -0.487 e. The Hall–Kier alpha value is -3.13. The van der Waals surface area contributed by atoms with Gasteiger partial charge < -0.3 is 4.74 Å². The van der Waals surface area contributed by atoms with Gasteiger partial charge >= 0.3 is 0 Å². The van der Waals surface area contributed by atoms with E-state index in [1.807, 2.05) is 36.5 Å². The van der Waals surface area contributed by atoms with Crippen LogP contribution in [0.15, 0.2) is 85.1 Å². The molecule has 0 N–H and O–H groups in total. The number of pyridine rings is 1. The highest BCUT2D eigenvalue weighted by Gasteiger charge is 2.14. The highest BCUT2D eigenvalue weighted by molar-refractivity contribution is 5.99. The monoisotopic (exact) mass is 325 g/mol. The van der Waals surface area contributed by atoms with Crippen LogP contribution in [0.5, 0.6) is 5.75 Å². The van der Waals surface area contributed by atoms with Crippen LogP contribution < -0.4 is 4.74 Å². The average molecular weight is 325 g/mol. The third-order valence-electron chi connectivity index (χ3n) is 4.37. The third kappa shape index (κ3) is 3.11. The molecule has 2 heteroatoms. The molecule has 0 saturated heterocycles. The Kier molecular flexibility index (Phi) is 4.17. The summed E-state index contributed by atoms with van der Waals surface area (Å²) in [7, 11) is 0. The van der Waals surface area contributed by atoms with Crippen molar-refractivity contribution in [2.24, 2.45) is 0 Å². The van der Waals surface area contributed by atoms with Gasteiger partial charge in [0.2, 0.25) is 0 Å². The Balaban J connectivity index is 1.85. The highest BCUT2D eigenvalue weighted by atomic mass is 16.5. The predicted molar refractivity (Wildman–Crippen MR) is 103 cm³/mol. The van der Waals surface area contributed by atoms with Gasteiger partial charge in [-0.2, -0.15) is 0 Å². The van der Waals surface area contributed by atoms with Crippen molar-refractivity contribution in [3.63, 3.8) is 0 Å². The normalized spacial score (nSPS) is 10.8. The lowest BCUT2D eigenvalue weighted by Crippen LogP contribution is -1.99. The molecule has 2 nitrogen and oxygen atoms in total. The van der Waals surface area contributed by atoms with Gasteiger partial charge in [0.1, 0.15) is 12.4 Å². The highest BCUT2D eigenvalue weighted by Crippen LogP contribution is 2.37. The zero-order valence-corrected chi connectivity index (χ0v) is 14.1.